The van der Waals surface area contributed by atoms with Gasteiger partial charge in [-0.05, 0) is 11.6 Å². The summed E-state index contributed by atoms with van der Waals surface area (Å²) in [5, 5.41) is 9.71. The molecule has 0 fully saturated rings. The summed E-state index contributed by atoms with van der Waals surface area (Å²) in [6.07, 6.45) is 0. The number of rotatable bonds is 2. The number of carbonyl (C=O) groups is 1. The Bertz CT molecular complexity index is 794. The number of benzene rings is 2. The molecule has 19 heavy (non-hydrogen) atoms. The Morgan fingerprint density at radius 2 is 1.68 bits per heavy atom. The second kappa shape index (κ2) is 4.43. The Labute approximate surface area is 110 Å². The number of fused-ring (bicyclic) bond motifs is 1. The summed E-state index contributed by atoms with van der Waals surface area (Å²) < 4.78 is 0. The molecule has 0 spiro atoms. The Morgan fingerprint density at radius 3 is 2.42 bits per heavy atom. The van der Waals surface area contributed by atoms with Crippen molar-refractivity contribution in [1.29, 1.82) is 5.26 Å². The van der Waals surface area contributed by atoms with Crippen LogP contribution in [-0.2, 0) is 0 Å². The van der Waals surface area contributed by atoms with E-state index in [0.29, 0.717) is 11.3 Å². The first kappa shape index (κ1) is 11.2. The lowest BCUT2D eigenvalue weighted by molar-refractivity contribution is 0.105. The summed E-state index contributed by atoms with van der Waals surface area (Å²) >= 11 is 0. The van der Waals surface area contributed by atoms with E-state index in [9.17, 15) is 4.79 Å². The van der Waals surface area contributed by atoms with Crippen LogP contribution in [0.1, 0.15) is 10.4 Å². The van der Waals surface area contributed by atoms with Gasteiger partial charge in [0.2, 0.25) is 0 Å². The first-order chi connectivity index (χ1) is 9.31. The van der Waals surface area contributed by atoms with Crippen molar-refractivity contribution in [3.63, 3.8) is 0 Å². The van der Waals surface area contributed by atoms with Crippen LogP contribution >= 0.6 is 0 Å². The van der Waals surface area contributed by atoms with Crippen molar-refractivity contribution in [2.24, 2.45) is 0 Å². The van der Waals surface area contributed by atoms with Crippen LogP contribution in [0.15, 0.2) is 54.6 Å². The minimum absolute atomic E-state index is 0.448. The van der Waals surface area contributed by atoms with Gasteiger partial charge in [0.1, 0.15) is 6.07 Å². The quantitative estimate of drug-likeness (QED) is 0.555. The molecule has 90 valence electrons. The maximum absolute atomic E-state index is 11.9. The molecular weight excluding hydrogens is 236 g/mol. The van der Waals surface area contributed by atoms with Gasteiger partial charge in [-0.3, -0.25) is 4.79 Å². The zero-order valence-corrected chi connectivity index (χ0v) is 10.1. The number of hydrogen-bond acceptors (Lipinski definition) is 2. The Hall–Kier alpha value is -2.86. The second-order valence-corrected chi connectivity index (χ2v) is 4.23. The molecule has 3 nitrogen and oxygen atoms in total. The van der Waals surface area contributed by atoms with Crippen LogP contribution in [0.4, 0.5) is 0 Å². The number of aromatic nitrogens is 1. The summed E-state index contributed by atoms with van der Waals surface area (Å²) in [5.41, 5.74) is 2.91. The van der Waals surface area contributed by atoms with Crippen LogP contribution in [0.2, 0.25) is 0 Å². The van der Waals surface area contributed by atoms with E-state index in [2.05, 4.69) is 4.98 Å². The van der Waals surface area contributed by atoms with E-state index < -0.39 is 5.78 Å². The topological polar surface area (TPSA) is 56.6 Å². The highest BCUT2D eigenvalue weighted by atomic mass is 16.1. The predicted octanol–water partition coefficient (Wildman–Crippen LogP) is 3.54. The minimum Gasteiger partial charge on any atom is -0.354 e. The van der Waals surface area contributed by atoms with E-state index in [0.717, 1.165) is 16.5 Å². The van der Waals surface area contributed by atoms with E-state index in [1.807, 2.05) is 54.6 Å². The van der Waals surface area contributed by atoms with Crippen molar-refractivity contribution in [2.45, 2.75) is 0 Å². The molecule has 3 heteroatoms. The van der Waals surface area contributed by atoms with Gasteiger partial charge in [0, 0.05) is 10.9 Å². The number of nitrogens with zero attached hydrogens (tertiary/aromatic N) is 1. The number of aromatic amines is 1. The van der Waals surface area contributed by atoms with Gasteiger partial charge in [-0.25, -0.2) is 0 Å². The summed E-state index contributed by atoms with van der Waals surface area (Å²) in [4.78, 5) is 15.1. The van der Waals surface area contributed by atoms with E-state index >= 15 is 0 Å². The normalized spacial score (nSPS) is 10.3. The SMILES string of the molecule is N#CC(=O)c1c(-c2ccccc2)[nH]c2ccccc12. The Kier molecular flexibility index (Phi) is 2.62. The van der Waals surface area contributed by atoms with Gasteiger partial charge in [-0.2, -0.15) is 5.26 Å². The van der Waals surface area contributed by atoms with Crippen molar-refractivity contribution < 1.29 is 4.79 Å². The molecule has 0 atom stereocenters. The molecule has 0 amide bonds. The van der Waals surface area contributed by atoms with Gasteiger partial charge < -0.3 is 4.98 Å². The zero-order valence-electron chi connectivity index (χ0n) is 10.1. The first-order valence-electron chi connectivity index (χ1n) is 5.92. The molecule has 1 aromatic heterocycles. The number of nitriles is 1. The van der Waals surface area contributed by atoms with E-state index in [1.54, 1.807) is 6.07 Å². The minimum atomic E-state index is -0.517. The standard InChI is InChI=1S/C16H10N2O/c17-10-14(19)15-12-8-4-5-9-13(12)18-16(15)11-6-2-1-3-7-11/h1-9,18H. The van der Waals surface area contributed by atoms with Crippen molar-refractivity contribution in [3.8, 4) is 17.3 Å². The van der Waals surface area contributed by atoms with Gasteiger partial charge in [0.15, 0.2) is 0 Å². The number of ketones is 1. The molecule has 0 bridgehead atoms. The zero-order chi connectivity index (χ0) is 13.2. The van der Waals surface area contributed by atoms with Gasteiger partial charge in [-0.1, -0.05) is 48.5 Å². The van der Waals surface area contributed by atoms with Crippen LogP contribution in [0.25, 0.3) is 22.2 Å². The Balaban J connectivity index is 2.36. The molecule has 0 unspecified atom stereocenters. The number of H-pyrrole nitrogens is 1. The van der Waals surface area contributed by atoms with Gasteiger partial charge >= 0.3 is 0 Å². The average Bonchev–Trinajstić information content (AvgIpc) is 2.87. The third-order valence-corrected chi connectivity index (χ3v) is 3.10. The lowest BCUT2D eigenvalue weighted by Crippen LogP contribution is -1.96. The smallest absolute Gasteiger partial charge is 0.264 e. The number of nitrogens with one attached hydrogen (secondary N) is 1. The van der Waals surface area contributed by atoms with Crippen molar-refractivity contribution >= 4 is 16.7 Å². The highest BCUT2D eigenvalue weighted by Gasteiger charge is 2.18. The van der Waals surface area contributed by atoms with Crippen LogP contribution in [-0.4, -0.2) is 10.8 Å². The molecule has 0 aliphatic carbocycles. The van der Waals surface area contributed by atoms with Crippen molar-refractivity contribution in [1.82, 2.24) is 4.98 Å². The van der Waals surface area contributed by atoms with Gasteiger partial charge in [0.25, 0.3) is 5.78 Å². The van der Waals surface area contributed by atoms with Crippen LogP contribution in [0.3, 0.4) is 0 Å². The molecule has 0 radical (unpaired) electrons. The molecule has 3 rings (SSSR count). The fourth-order valence-electron chi connectivity index (χ4n) is 2.26. The number of Topliss-reactive ketones (excluding diaryl/α,β-unsaturated/α-hetero) is 1. The molecule has 0 saturated carbocycles. The van der Waals surface area contributed by atoms with E-state index in [1.165, 1.54) is 0 Å². The molecule has 2 aromatic carbocycles. The van der Waals surface area contributed by atoms with E-state index in [4.69, 9.17) is 5.26 Å². The maximum Gasteiger partial charge on any atom is 0.264 e. The second-order valence-electron chi connectivity index (χ2n) is 4.23. The van der Waals surface area contributed by atoms with Crippen molar-refractivity contribution in [3.05, 3.63) is 60.2 Å². The lowest BCUT2D eigenvalue weighted by Gasteiger charge is -2.00. The fraction of sp³-hybridized carbons (Fsp3) is 0. The summed E-state index contributed by atoms with van der Waals surface area (Å²) in [7, 11) is 0. The molecule has 0 aliphatic rings. The molecular formula is C16H10N2O. The predicted molar refractivity (Wildman–Crippen MR) is 73.7 cm³/mol. The third kappa shape index (κ3) is 1.80. The monoisotopic (exact) mass is 246 g/mol. The van der Waals surface area contributed by atoms with Crippen LogP contribution < -0.4 is 0 Å². The van der Waals surface area contributed by atoms with Crippen LogP contribution in [0.5, 0.6) is 0 Å². The third-order valence-electron chi connectivity index (χ3n) is 3.10. The summed E-state index contributed by atoms with van der Waals surface area (Å²) in [6, 6.07) is 18.8. The lowest BCUT2D eigenvalue weighted by atomic mass is 10.0. The first-order valence-corrected chi connectivity index (χ1v) is 5.92. The van der Waals surface area contributed by atoms with Gasteiger partial charge in [-0.15, -0.1) is 0 Å². The van der Waals surface area contributed by atoms with Crippen molar-refractivity contribution in [2.75, 3.05) is 0 Å². The molecule has 1 N–H and O–H groups in total. The molecule has 1 heterocycles. The van der Waals surface area contributed by atoms with Gasteiger partial charge in [0.05, 0.1) is 11.3 Å². The fourth-order valence-corrected chi connectivity index (χ4v) is 2.26. The highest BCUT2D eigenvalue weighted by Crippen LogP contribution is 2.30. The highest BCUT2D eigenvalue weighted by molar-refractivity contribution is 6.19. The van der Waals surface area contributed by atoms with Crippen LogP contribution in [0, 0.1) is 11.3 Å². The summed E-state index contributed by atoms with van der Waals surface area (Å²) in [5.74, 6) is -0.517. The molecule has 0 aliphatic heterocycles. The van der Waals surface area contributed by atoms with E-state index in [-0.39, 0.29) is 0 Å². The molecule has 0 saturated heterocycles. The average molecular weight is 246 g/mol. The summed E-state index contributed by atoms with van der Waals surface area (Å²) in [6.45, 7) is 0. The number of hydrogen-bond donors (Lipinski definition) is 1. The number of para-hydroxylation sites is 1. The molecule has 3 aromatic rings. The number of carbonyl (C=O) groups excluding carboxylic acids is 1. The maximum atomic E-state index is 11.9. The largest absolute Gasteiger partial charge is 0.354 e. The Morgan fingerprint density at radius 1 is 1.00 bits per heavy atom.